The van der Waals surface area contributed by atoms with Gasteiger partial charge in [-0.25, -0.2) is 0 Å². The van der Waals surface area contributed by atoms with Crippen LogP contribution in [0.25, 0.3) is 0 Å². The second-order valence-electron chi connectivity index (χ2n) is 6.16. The van der Waals surface area contributed by atoms with Gasteiger partial charge in [-0.15, -0.1) is 0 Å². The smallest absolute Gasteiger partial charge is 0.183 e. The molecular formula is C19H24N2O. The van der Waals surface area contributed by atoms with Crippen LogP contribution in [0, 0.1) is 13.8 Å². The van der Waals surface area contributed by atoms with Crippen LogP contribution in [0.1, 0.15) is 47.6 Å². The molecule has 0 saturated heterocycles. The first-order chi connectivity index (χ1) is 10.6. The predicted molar refractivity (Wildman–Crippen MR) is 90.8 cm³/mol. The minimum atomic E-state index is 0.214. The first kappa shape index (κ1) is 14.9. The normalized spacial score (nSPS) is 14.1. The van der Waals surface area contributed by atoms with Gasteiger partial charge in [-0.1, -0.05) is 18.2 Å². The maximum absolute atomic E-state index is 12.8. The van der Waals surface area contributed by atoms with Crippen molar-refractivity contribution in [1.82, 2.24) is 4.57 Å². The Balaban J connectivity index is 1.81. The maximum Gasteiger partial charge on any atom is 0.183 e. The molecule has 0 aliphatic heterocycles. The highest BCUT2D eigenvalue weighted by Crippen LogP contribution is 2.38. The van der Waals surface area contributed by atoms with Crippen molar-refractivity contribution in [3.63, 3.8) is 0 Å². The maximum atomic E-state index is 12.8. The molecule has 0 radical (unpaired) electrons. The van der Waals surface area contributed by atoms with Crippen LogP contribution in [0.4, 0.5) is 5.69 Å². The fourth-order valence-electron chi connectivity index (χ4n) is 3.24. The molecule has 1 aromatic heterocycles. The second-order valence-corrected chi connectivity index (χ2v) is 6.16. The highest BCUT2D eigenvalue weighted by Gasteiger charge is 2.28. The SMILES string of the molecule is CCN(CC(=O)c1cc(C)n(C2CC2)c1C)c1ccccc1. The number of nitrogens with zero attached hydrogens (tertiary/aromatic N) is 2. The van der Waals surface area contributed by atoms with E-state index in [1.165, 1.54) is 18.5 Å². The van der Waals surface area contributed by atoms with Gasteiger partial charge in [0.1, 0.15) is 0 Å². The van der Waals surface area contributed by atoms with Crippen molar-refractivity contribution >= 4 is 11.5 Å². The number of aromatic nitrogens is 1. The average molecular weight is 296 g/mol. The number of benzene rings is 1. The molecule has 3 heteroatoms. The average Bonchev–Trinajstić information content (AvgIpc) is 3.31. The van der Waals surface area contributed by atoms with Crippen molar-refractivity contribution in [1.29, 1.82) is 0 Å². The quantitative estimate of drug-likeness (QED) is 0.748. The number of carbonyl (C=O) groups excluding carboxylic acids is 1. The third-order valence-electron chi connectivity index (χ3n) is 4.53. The number of rotatable bonds is 6. The van der Waals surface area contributed by atoms with Gasteiger partial charge in [0.15, 0.2) is 5.78 Å². The van der Waals surface area contributed by atoms with E-state index >= 15 is 0 Å². The fourth-order valence-corrected chi connectivity index (χ4v) is 3.24. The van der Waals surface area contributed by atoms with Gasteiger partial charge < -0.3 is 9.47 Å². The second kappa shape index (κ2) is 5.99. The first-order valence-electron chi connectivity index (χ1n) is 8.13. The molecule has 3 nitrogen and oxygen atoms in total. The monoisotopic (exact) mass is 296 g/mol. The summed E-state index contributed by atoms with van der Waals surface area (Å²) in [5.41, 5.74) is 4.34. The lowest BCUT2D eigenvalue weighted by molar-refractivity contribution is 0.0998. The molecule has 0 N–H and O–H groups in total. The number of aryl methyl sites for hydroxylation is 1. The summed E-state index contributed by atoms with van der Waals surface area (Å²) in [5.74, 6) is 0.214. The first-order valence-corrected chi connectivity index (χ1v) is 8.13. The van der Waals surface area contributed by atoms with E-state index in [1.807, 2.05) is 18.2 Å². The van der Waals surface area contributed by atoms with Crippen molar-refractivity contribution in [2.24, 2.45) is 0 Å². The van der Waals surface area contributed by atoms with Crippen LogP contribution in [-0.4, -0.2) is 23.4 Å². The van der Waals surface area contributed by atoms with Gasteiger partial charge in [-0.2, -0.15) is 0 Å². The topological polar surface area (TPSA) is 25.2 Å². The van der Waals surface area contributed by atoms with E-state index in [9.17, 15) is 4.79 Å². The summed E-state index contributed by atoms with van der Waals surface area (Å²) in [4.78, 5) is 14.9. The number of carbonyl (C=O) groups is 1. The molecule has 1 fully saturated rings. The molecule has 0 unspecified atom stereocenters. The summed E-state index contributed by atoms with van der Waals surface area (Å²) in [5, 5.41) is 0. The van der Waals surface area contributed by atoms with Gasteiger partial charge in [-0.3, -0.25) is 4.79 Å². The fraction of sp³-hybridized carbons (Fsp3) is 0.421. The van der Waals surface area contributed by atoms with Crippen molar-refractivity contribution in [3.05, 3.63) is 53.3 Å². The van der Waals surface area contributed by atoms with E-state index in [0.29, 0.717) is 12.6 Å². The minimum absolute atomic E-state index is 0.214. The standard InChI is InChI=1S/C19H24N2O/c1-4-20(16-8-6-5-7-9-16)13-19(22)18-12-14(2)21(15(18)3)17-10-11-17/h5-9,12,17H,4,10-11,13H2,1-3H3. The Labute approximate surface area is 132 Å². The van der Waals surface area contributed by atoms with E-state index in [4.69, 9.17) is 0 Å². The Kier molecular flexibility index (Phi) is 4.06. The predicted octanol–water partition coefficient (Wildman–Crippen LogP) is 4.15. The van der Waals surface area contributed by atoms with E-state index in [-0.39, 0.29) is 5.78 Å². The number of hydrogen-bond acceptors (Lipinski definition) is 2. The lowest BCUT2D eigenvalue weighted by Gasteiger charge is -2.22. The van der Waals surface area contributed by atoms with Gasteiger partial charge in [0.05, 0.1) is 6.54 Å². The van der Waals surface area contributed by atoms with Crippen LogP contribution in [0.5, 0.6) is 0 Å². The Hall–Kier alpha value is -2.03. The largest absolute Gasteiger partial charge is 0.364 e. The molecule has 1 aliphatic carbocycles. The van der Waals surface area contributed by atoms with Crippen LogP contribution < -0.4 is 4.90 Å². The molecule has 116 valence electrons. The van der Waals surface area contributed by atoms with Crippen molar-refractivity contribution in [2.45, 2.75) is 39.7 Å². The van der Waals surface area contributed by atoms with Gasteiger partial charge in [0, 0.05) is 35.2 Å². The molecule has 0 spiro atoms. The van der Waals surface area contributed by atoms with E-state index in [1.54, 1.807) is 0 Å². The summed E-state index contributed by atoms with van der Waals surface area (Å²) in [7, 11) is 0. The van der Waals surface area contributed by atoms with E-state index in [2.05, 4.69) is 48.4 Å². The zero-order valence-electron chi connectivity index (χ0n) is 13.7. The van der Waals surface area contributed by atoms with Crippen LogP contribution in [0.3, 0.4) is 0 Å². The highest BCUT2D eigenvalue weighted by molar-refractivity contribution is 6.00. The van der Waals surface area contributed by atoms with Gasteiger partial charge in [0.2, 0.25) is 0 Å². The number of Topliss-reactive ketones (excluding diaryl/α,β-unsaturated/α-hetero) is 1. The molecule has 22 heavy (non-hydrogen) atoms. The summed E-state index contributed by atoms with van der Waals surface area (Å²) in [6.07, 6.45) is 2.49. The van der Waals surface area contributed by atoms with Crippen molar-refractivity contribution < 1.29 is 4.79 Å². The number of likely N-dealkylation sites (N-methyl/N-ethyl adjacent to an activating group) is 1. The zero-order chi connectivity index (χ0) is 15.7. The molecule has 1 heterocycles. The van der Waals surface area contributed by atoms with Gasteiger partial charge in [0.25, 0.3) is 0 Å². The molecule has 1 aromatic carbocycles. The van der Waals surface area contributed by atoms with E-state index < -0.39 is 0 Å². The zero-order valence-corrected chi connectivity index (χ0v) is 13.7. The molecule has 1 saturated carbocycles. The Bertz CT molecular complexity index is 668. The van der Waals surface area contributed by atoms with Crippen LogP contribution in [0.2, 0.25) is 0 Å². The molecule has 2 aromatic rings. The molecule has 1 aliphatic rings. The number of para-hydroxylation sites is 1. The van der Waals surface area contributed by atoms with Crippen molar-refractivity contribution in [3.8, 4) is 0 Å². The summed E-state index contributed by atoms with van der Waals surface area (Å²) in [6.45, 7) is 7.55. The number of ketones is 1. The minimum Gasteiger partial charge on any atom is -0.364 e. The third kappa shape index (κ3) is 2.80. The van der Waals surface area contributed by atoms with E-state index in [0.717, 1.165) is 23.5 Å². The Morgan fingerprint density at radius 2 is 1.91 bits per heavy atom. The summed E-state index contributed by atoms with van der Waals surface area (Å²) >= 11 is 0. The highest BCUT2D eigenvalue weighted by atomic mass is 16.1. The van der Waals surface area contributed by atoms with Crippen molar-refractivity contribution in [2.75, 3.05) is 18.0 Å². The Morgan fingerprint density at radius 3 is 2.50 bits per heavy atom. The molecule has 0 bridgehead atoms. The van der Waals surface area contributed by atoms with Crippen LogP contribution in [0.15, 0.2) is 36.4 Å². The molecule has 0 amide bonds. The number of anilines is 1. The Morgan fingerprint density at radius 1 is 1.23 bits per heavy atom. The lowest BCUT2D eigenvalue weighted by atomic mass is 10.1. The lowest BCUT2D eigenvalue weighted by Crippen LogP contribution is -2.29. The van der Waals surface area contributed by atoms with Gasteiger partial charge >= 0.3 is 0 Å². The van der Waals surface area contributed by atoms with Crippen LogP contribution in [-0.2, 0) is 0 Å². The molecule has 3 rings (SSSR count). The summed E-state index contributed by atoms with van der Waals surface area (Å²) < 4.78 is 2.34. The molecule has 0 atom stereocenters. The third-order valence-corrected chi connectivity index (χ3v) is 4.53. The van der Waals surface area contributed by atoms with Gasteiger partial charge in [-0.05, 0) is 51.8 Å². The summed E-state index contributed by atoms with van der Waals surface area (Å²) in [6, 6.07) is 12.8. The van der Waals surface area contributed by atoms with Crippen LogP contribution >= 0.6 is 0 Å². The molecular weight excluding hydrogens is 272 g/mol. The number of hydrogen-bond donors (Lipinski definition) is 0.